The molecular formula is C32H30F2N8O2S. The van der Waals surface area contributed by atoms with Crippen LogP contribution in [0.1, 0.15) is 30.4 Å². The van der Waals surface area contributed by atoms with Crippen molar-refractivity contribution >= 4 is 31.8 Å². The van der Waals surface area contributed by atoms with Gasteiger partial charge in [0, 0.05) is 42.5 Å². The number of aromatic amines is 2. The summed E-state index contributed by atoms with van der Waals surface area (Å²) in [5.74, 6) is -0.867. The second-order valence-electron chi connectivity index (χ2n) is 11.6. The molecule has 0 atom stereocenters. The number of piperidine rings is 1. The number of nitrogens with zero attached hydrogens (tertiary/aromatic N) is 6. The lowest BCUT2D eigenvalue weighted by molar-refractivity contribution is 0.220. The minimum atomic E-state index is -3.23. The topological polar surface area (TPSA) is 133 Å². The Morgan fingerprint density at radius 2 is 1.71 bits per heavy atom. The lowest BCUT2D eigenvalue weighted by atomic mass is 10.0. The van der Waals surface area contributed by atoms with Gasteiger partial charge >= 0.3 is 0 Å². The van der Waals surface area contributed by atoms with E-state index < -0.39 is 21.5 Å². The summed E-state index contributed by atoms with van der Waals surface area (Å²) in [7, 11) is -3.23. The molecule has 5 aromatic heterocycles. The molecule has 1 saturated heterocycles. The van der Waals surface area contributed by atoms with Crippen LogP contribution in [0.5, 0.6) is 0 Å². The Morgan fingerprint density at radius 3 is 2.53 bits per heavy atom. The number of halogens is 2. The average molecular weight is 629 g/mol. The third-order valence-corrected chi connectivity index (χ3v) is 9.03. The van der Waals surface area contributed by atoms with E-state index in [1.54, 1.807) is 30.7 Å². The molecule has 0 spiro atoms. The summed E-state index contributed by atoms with van der Waals surface area (Å²) in [5.41, 5.74) is 4.81. The fraction of sp³-hybridized carbons (Fsp3) is 0.281. The van der Waals surface area contributed by atoms with Gasteiger partial charge in [-0.25, -0.2) is 22.2 Å². The summed E-state index contributed by atoms with van der Waals surface area (Å²) in [5, 5.41) is 7.45. The Morgan fingerprint density at radius 1 is 0.889 bits per heavy atom. The van der Waals surface area contributed by atoms with Crippen molar-refractivity contribution in [3.05, 3.63) is 77.9 Å². The molecule has 6 heterocycles. The van der Waals surface area contributed by atoms with Gasteiger partial charge in [0.25, 0.3) is 0 Å². The highest BCUT2D eigenvalue weighted by molar-refractivity contribution is 7.90. The number of pyridine rings is 3. The molecule has 1 aliphatic heterocycles. The van der Waals surface area contributed by atoms with Crippen LogP contribution in [0.25, 0.3) is 56.0 Å². The number of fused-ring (bicyclic) bond motifs is 2. The van der Waals surface area contributed by atoms with E-state index in [0.717, 1.165) is 31.5 Å². The van der Waals surface area contributed by atoms with Crippen LogP contribution in [0, 0.1) is 11.6 Å². The molecule has 230 valence electrons. The zero-order valence-corrected chi connectivity index (χ0v) is 25.3. The number of rotatable bonds is 8. The van der Waals surface area contributed by atoms with Crippen molar-refractivity contribution in [1.82, 2.24) is 40.0 Å². The molecule has 1 aliphatic rings. The van der Waals surface area contributed by atoms with E-state index in [-0.39, 0.29) is 28.9 Å². The lowest BCUT2D eigenvalue weighted by Gasteiger charge is -2.26. The van der Waals surface area contributed by atoms with Gasteiger partial charge < -0.3 is 4.98 Å². The van der Waals surface area contributed by atoms with Crippen molar-refractivity contribution in [1.29, 1.82) is 0 Å². The van der Waals surface area contributed by atoms with Crippen molar-refractivity contribution in [3.63, 3.8) is 0 Å². The second kappa shape index (κ2) is 11.7. The van der Waals surface area contributed by atoms with Gasteiger partial charge in [-0.1, -0.05) is 6.42 Å². The maximum atomic E-state index is 16.3. The molecule has 1 fully saturated rings. The first-order chi connectivity index (χ1) is 21.7. The third kappa shape index (κ3) is 6.05. The van der Waals surface area contributed by atoms with E-state index in [1.165, 1.54) is 31.4 Å². The molecule has 7 rings (SSSR count). The van der Waals surface area contributed by atoms with Gasteiger partial charge in [-0.05, 0) is 73.8 Å². The smallest absolute Gasteiger partial charge is 0.161 e. The molecule has 10 nitrogen and oxygen atoms in total. The normalized spacial score (nSPS) is 14.5. The third-order valence-electron chi connectivity index (χ3n) is 8.09. The summed E-state index contributed by atoms with van der Waals surface area (Å²) in [6.45, 7) is 2.83. The monoisotopic (exact) mass is 628 g/mol. The van der Waals surface area contributed by atoms with E-state index in [0.29, 0.717) is 44.8 Å². The first-order valence-corrected chi connectivity index (χ1v) is 16.8. The van der Waals surface area contributed by atoms with Crippen molar-refractivity contribution in [2.45, 2.75) is 32.2 Å². The van der Waals surface area contributed by atoms with Gasteiger partial charge in [0.2, 0.25) is 0 Å². The molecule has 6 aromatic rings. The highest BCUT2D eigenvalue weighted by atomic mass is 32.2. The standard InChI is InChI=1S/C32H30F2N8O2S/c1-45(43,44)10-6-19-11-21(14-23(33)13-19)29-30-24(5-7-36-29)38-32(39-30)31-26-25(40-41-31)17-37-28(27(26)34)22-12-20(15-35-16-22)18-42-8-3-2-4-9-42/h5,7,11-17H,2-4,6,8-10,18H2,1H3,(H,38,39)(H,40,41). The number of likely N-dealkylation sites (tertiary alicyclic amines) is 1. The Hall–Kier alpha value is -4.62. The number of hydrogen-bond acceptors (Lipinski definition) is 8. The van der Waals surface area contributed by atoms with Crippen LogP contribution in [0.2, 0.25) is 0 Å². The predicted octanol–water partition coefficient (Wildman–Crippen LogP) is 5.48. The number of sulfone groups is 1. The Balaban J connectivity index is 1.26. The van der Waals surface area contributed by atoms with Crippen LogP contribution < -0.4 is 0 Å². The van der Waals surface area contributed by atoms with Crippen LogP contribution in [-0.4, -0.2) is 73.5 Å². The number of hydrogen-bond donors (Lipinski definition) is 2. The van der Waals surface area contributed by atoms with Crippen LogP contribution in [-0.2, 0) is 22.8 Å². The molecule has 0 saturated carbocycles. The summed E-state index contributed by atoms with van der Waals surface area (Å²) < 4.78 is 54.3. The van der Waals surface area contributed by atoms with Gasteiger partial charge in [0.05, 0.1) is 34.1 Å². The van der Waals surface area contributed by atoms with Crippen LogP contribution in [0.3, 0.4) is 0 Å². The fourth-order valence-corrected chi connectivity index (χ4v) is 6.53. The van der Waals surface area contributed by atoms with Gasteiger partial charge in [0.15, 0.2) is 11.6 Å². The number of H-pyrrole nitrogens is 2. The average Bonchev–Trinajstić information content (AvgIpc) is 3.65. The molecule has 1 aromatic carbocycles. The van der Waals surface area contributed by atoms with E-state index in [9.17, 15) is 12.8 Å². The van der Waals surface area contributed by atoms with E-state index in [4.69, 9.17) is 4.98 Å². The van der Waals surface area contributed by atoms with Gasteiger partial charge in [0.1, 0.15) is 32.6 Å². The summed E-state index contributed by atoms with van der Waals surface area (Å²) in [6.07, 6.45) is 11.4. The number of imidazole rings is 1. The van der Waals surface area contributed by atoms with E-state index in [1.807, 2.05) is 12.3 Å². The van der Waals surface area contributed by atoms with E-state index >= 15 is 4.39 Å². The van der Waals surface area contributed by atoms with Gasteiger partial charge in [-0.3, -0.25) is 25.0 Å². The minimum absolute atomic E-state index is 0.104. The van der Waals surface area contributed by atoms with Crippen molar-refractivity contribution in [2.75, 3.05) is 25.1 Å². The first-order valence-electron chi connectivity index (χ1n) is 14.7. The van der Waals surface area contributed by atoms with Crippen molar-refractivity contribution in [3.8, 4) is 34.0 Å². The largest absolute Gasteiger partial charge is 0.336 e. The maximum absolute atomic E-state index is 16.3. The molecule has 45 heavy (non-hydrogen) atoms. The Kier molecular flexibility index (Phi) is 7.58. The second-order valence-corrected chi connectivity index (χ2v) is 13.8. The summed E-state index contributed by atoms with van der Waals surface area (Å²) in [6, 6.07) is 8.00. The number of aromatic nitrogens is 7. The van der Waals surface area contributed by atoms with Crippen LogP contribution in [0.4, 0.5) is 8.78 Å². The predicted molar refractivity (Wildman–Crippen MR) is 168 cm³/mol. The van der Waals surface area contributed by atoms with Crippen LogP contribution in [0.15, 0.2) is 55.1 Å². The highest BCUT2D eigenvalue weighted by Crippen LogP contribution is 2.34. The number of aryl methyl sites for hydroxylation is 1. The number of benzene rings is 1. The van der Waals surface area contributed by atoms with E-state index in [2.05, 4.69) is 35.0 Å². The molecule has 0 amide bonds. The van der Waals surface area contributed by atoms with Crippen molar-refractivity contribution < 1.29 is 17.2 Å². The van der Waals surface area contributed by atoms with Crippen LogP contribution >= 0.6 is 0 Å². The van der Waals surface area contributed by atoms with Crippen molar-refractivity contribution in [2.24, 2.45) is 0 Å². The number of nitrogens with one attached hydrogen (secondary N) is 2. The maximum Gasteiger partial charge on any atom is 0.161 e. The lowest BCUT2D eigenvalue weighted by Crippen LogP contribution is -2.29. The summed E-state index contributed by atoms with van der Waals surface area (Å²) in [4.78, 5) is 23.6. The van der Waals surface area contributed by atoms with Gasteiger partial charge in [-0.15, -0.1) is 0 Å². The molecule has 13 heteroatoms. The molecular weight excluding hydrogens is 598 g/mol. The molecule has 0 aliphatic carbocycles. The summed E-state index contributed by atoms with van der Waals surface area (Å²) >= 11 is 0. The Labute approximate surface area is 257 Å². The fourth-order valence-electron chi connectivity index (χ4n) is 5.92. The Bertz CT molecular complexity index is 2160. The molecule has 0 bridgehead atoms. The molecule has 2 N–H and O–H groups in total. The van der Waals surface area contributed by atoms with Gasteiger partial charge in [-0.2, -0.15) is 5.10 Å². The zero-order chi connectivity index (χ0) is 31.1. The quantitative estimate of drug-likeness (QED) is 0.227. The highest BCUT2D eigenvalue weighted by Gasteiger charge is 2.22. The molecule has 0 unspecified atom stereocenters. The SMILES string of the molecule is CS(=O)(=O)CCc1cc(F)cc(-c2nccc3[nH]c(-c4n[nH]c5cnc(-c6cncc(CN7CCCCC7)c6)c(F)c45)nc23)c1. The molecule has 0 radical (unpaired) electrons. The zero-order valence-electron chi connectivity index (χ0n) is 24.5. The first kappa shape index (κ1) is 29.1. The minimum Gasteiger partial charge on any atom is -0.336 e.